The third-order valence-electron chi connectivity index (χ3n) is 3.40. The van der Waals surface area contributed by atoms with Crippen molar-refractivity contribution >= 4 is 30.3 Å². The van der Waals surface area contributed by atoms with Crippen LogP contribution in [0.1, 0.15) is 12.5 Å². The van der Waals surface area contributed by atoms with Crippen molar-refractivity contribution in [2.75, 3.05) is 19.6 Å². The van der Waals surface area contributed by atoms with Crippen LogP contribution in [0.3, 0.4) is 0 Å². The Bertz CT molecular complexity index is 546. The maximum Gasteiger partial charge on any atom is 0.324 e. The summed E-state index contributed by atoms with van der Waals surface area (Å²) in [7, 11) is 0. The molecule has 0 bridgehead atoms. The summed E-state index contributed by atoms with van der Waals surface area (Å²) < 4.78 is 0. The largest absolute Gasteiger partial charge is 0.352 e. The first-order chi connectivity index (χ1) is 9.93. The molecule has 1 aromatic carbocycles. The normalized spacial score (nSPS) is 16.5. The van der Waals surface area contributed by atoms with E-state index in [4.69, 9.17) is 5.73 Å². The van der Waals surface area contributed by atoms with Crippen LogP contribution in [-0.2, 0) is 15.1 Å². The van der Waals surface area contributed by atoms with Gasteiger partial charge in [-0.05, 0) is 12.5 Å². The van der Waals surface area contributed by atoms with E-state index in [2.05, 4.69) is 10.6 Å². The van der Waals surface area contributed by atoms with Crippen molar-refractivity contribution in [2.24, 2.45) is 5.73 Å². The maximum atomic E-state index is 12.2. The zero-order chi connectivity index (χ0) is 15.5. The Kier molecular flexibility index (Phi) is 5.90. The molecule has 1 unspecified atom stereocenters. The minimum absolute atomic E-state index is 0. The molecule has 22 heavy (non-hydrogen) atoms. The van der Waals surface area contributed by atoms with Gasteiger partial charge in [-0.15, -0.1) is 12.4 Å². The van der Waals surface area contributed by atoms with Crippen molar-refractivity contribution in [1.29, 1.82) is 0 Å². The molecule has 0 aliphatic carbocycles. The second kappa shape index (κ2) is 7.24. The molecule has 4 amide bonds. The predicted octanol–water partition coefficient (Wildman–Crippen LogP) is -0.0497. The fourth-order valence-electron chi connectivity index (χ4n) is 2.06. The van der Waals surface area contributed by atoms with Crippen LogP contribution in [0.15, 0.2) is 30.3 Å². The van der Waals surface area contributed by atoms with Gasteiger partial charge in [-0.3, -0.25) is 14.5 Å². The van der Waals surface area contributed by atoms with Crippen LogP contribution >= 0.6 is 12.4 Å². The number of carbonyl (C=O) groups excluding carboxylic acids is 3. The topological polar surface area (TPSA) is 105 Å². The fraction of sp³-hybridized carbons (Fsp3) is 0.357. The summed E-state index contributed by atoms with van der Waals surface area (Å²) in [6, 6.07) is 8.57. The van der Waals surface area contributed by atoms with Gasteiger partial charge in [0.25, 0.3) is 0 Å². The molecule has 4 N–H and O–H groups in total. The number of hydrogen-bond donors (Lipinski definition) is 3. The van der Waals surface area contributed by atoms with Crippen LogP contribution < -0.4 is 16.4 Å². The van der Waals surface area contributed by atoms with E-state index < -0.39 is 11.6 Å². The molecule has 120 valence electrons. The van der Waals surface area contributed by atoms with Gasteiger partial charge in [-0.25, -0.2) is 4.79 Å². The summed E-state index contributed by atoms with van der Waals surface area (Å²) in [5.41, 5.74) is 5.58. The number of nitrogens with zero attached hydrogens (tertiary/aromatic N) is 1. The number of nitrogens with two attached hydrogens (primary N) is 1. The van der Waals surface area contributed by atoms with Gasteiger partial charge in [0, 0.05) is 13.1 Å². The Morgan fingerprint density at radius 2 is 2.00 bits per heavy atom. The van der Waals surface area contributed by atoms with Crippen LogP contribution in [0, 0.1) is 0 Å². The highest BCUT2D eigenvalue weighted by Gasteiger charge is 2.31. The van der Waals surface area contributed by atoms with Gasteiger partial charge in [0.15, 0.2) is 0 Å². The lowest BCUT2D eigenvalue weighted by Crippen LogP contribution is -2.50. The molecular formula is C14H19ClN4O3. The van der Waals surface area contributed by atoms with E-state index in [9.17, 15) is 14.4 Å². The molecule has 7 nitrogen and oxygen atoms in total. The minimum Gasteiger partial charge on any atom is -0.352 e. The first-order valence-corrected chi connectivity index (χ1v) is 6.64. The summed E-state index contributed by atoms with van der Waals surface area (Å²) in [4.78, 5) is 35.9. The maximum absolute atomic E-state index is 12.2. The van der Waals surface area contributed by atoms with E-state index in [1.807, 2.05) is 6.07 Å². The molecule has 0 saturated carbocycles. The average molecular weight is 327 g/mol. The summed E-state index contributed by atoms with van der Waals surface area (Å²) in [5, 5.41) is 5.07. The standard InChI is InChI=1S/C14H18N4O3.ClH/c1-14(15,10-5-3-2-4-6-10)12(20)16-7-8-18-11(19)9-17-13(18)21;/h2-6H,7-9,15H2,1H3,(H,16,20)(H,17,21);1H. The van der Waals surface area contributed by atoms with E-state index in [0.29, 0.717) is 5.56 Å². The molecule has 0 radical (unpaired) electrons. The summed E-state index contributed by atoms with van der Waals surface area (Å²) >= 11 is 0. The number of amides is 4. The van der Waals surface area contributed by atoms with Gasteiger partial charge in [0.2, 0.25) is 11.8 Å². The van der Waals surface area contributed by atoms with E-state index in [-0.39, 0.29) is 43.9 Å². The van der Waals surface area contributed by atoms with Crippen LogP contribution in [0.4, 0.5) is 4.79 Å². The lowest BCUT2D eigenvalue weighted by atomic mass is 9.92. The lowest BCUT2D eigenvalue weighted by molar-refractivity contribution is -0.127. The van der Waals surface area contributed by atoms with Crippen LogP contribution in [0.25, 0.3) is 0 Å². The molecule has 8 heteroatoms. The van der Waals surface area contributed by atoms with Gasteiger partial charge in [0.1, 0.15) is 5.54 Å². The van der Waals surface area contributed by atoms with Crippen molar-refractivity contribution in [3.63, 3.8) is 0 Å². The highest BCUT2D eigenvalue weighted by Crippen LogP contribution is 2.17. The van der Waals surface area contributed by atoms with Crippen molar-refractivity contribution in [3.8, 4) is 0 Å². The number of rotatable bonds is 5. The SMILES string of the molecule is CC(N)(C(=O)NCCN1C(=O)CNC1=O)c1ccccc1.Cl. The van der Waals surface area contributed by atoms with Crippen LogP contribution in [-0.4, -0.2) is 42.4 Å². The number of urea groups is 1. The molecule has 0 spiro atoms. The van der Waals surface area contributed by atoms with Gasteiger partial charge in [-0.2, -0.15) is 0 Å². The van der Waals surface area contributed by atoms with Crippen molar-refractivity contribution in [2.45, 2.75) is 12.5 Å². The highest BCUT2D eigenvalue weighted by atomic mass is 35.5. The lowest BCUT2D eigenvalue weighted by Gasteiger charge is -2.24. The Balaban J connectivity index is 0.00000242. The van der Waals surface area contributed by atoms with E-state index in [0.717, 1.165) is 4.90 Å². The first-order valence-electron chi connectivity index (χ1n) is 6.64. The molecule has 1 aromatic rings. The highest BCUT2D eigenvalue weighted by molar-refractivity contribution is 6.02. The Morgan fingerprint density at radius 3 is 2.55 bits per heavy atom. The molecule has 1 atom stereocenters. The van der Waals surface area contributed by atoms with Crippen molar-refractivity contribution < 1.29 is 14.4 Å². The van der Waals surface area contributed by atoms with Gasteiger partial charge in [-0.1, -0.05) is 30.3 Å². The summed E-state index contributed by atoms with van der Waals surface area (Å²) in [6.45, 7) is 1.91. The van der Waals surface area contributed by atoms with Crippen LogP contribution in [0.5, 0.6) is 0 Å². The van der Waals surface area contributed by atoms with Gasteiger partial charge >= 0.3 is 6.03 Å². The summed E-state index contributed by atoms with van der Waals surface area (Å²) in [6.07, 6.45) is 0. The van der Waals surface area contributed by atoms with E-state index in [1.54, 1.807) is 31.2 Å². The number of carbonyl (C=O) groups is 3. The average Bonchev–Trinajstić information content (AvgIpc) is 2.79. The zero-order valence-corrected chi connectivity index (χ0v) is 13.0. The molecule has 1 heterocycles. The molecule has 2 rings (SSSR count). The van der Waals surface area contributed by atoms with Gasteiger partial charge < -0.3 is 16.4 Å². The van der Waals surface area contributed by atoms with Crippen molar-refractivity contribution in [1.82, 2.24) is 15.5 Å². The Morgan fingerprint density at radius 1 is 1.36 bits per heavy atom. The minimum atomic E-state index is -1.17. The molecule has 0 aromatic heterocycles. The smallest absolute Gasteiger partial charge is 0.324 e. The van der Waals surface area contributed by atoms with E-state index >= 15 is 0 Å². The zero-order valence-electron chi connectivity index (χ0n) is 12.2. The third kappa shape index (κ3) is 3.75. The first kappa shape index (κ1) is 17.9. The van der Waals surface area contributed by atoms with Crippen molar-refractivity contribution in [3.05, 3.63) is 35.9 Å². The number of benzene rings is 1. The Labute approximate surface area is 134 Å². The molecule has 1 saturated heterocycles. The molecular weight excluding hydrogens is 308 g/mol. The summed E-state index contributed by atoms with van der Waals surface area (Å²) in [5.74, 6) is -0.659. The number of nitrogens with one attached hydrogen (secondary N) is 2. The van der Waals surface area contributed by atoms with Gasteiger partial charge in [0.05, 0.1) is 6.54 Å². The van der Waals surface area contributed by atoms with Crippen LogP contribution in [0.2, 0.25) is 0 Å². The fourth-order valence-corrected chi connectivity index (χ4v) is 2.06. The number of imide groups is 1. The Hall–Kier alpha value is -2.12. The molecule has 1 aliphatic heterocycles. The monoisotopic (exact) mass is 326 g/mol. The molecule has 1 fully saturated rings. The third-order valence-corrected chi connectivity index (χ3v) is 3.40. The van der Waals surface area contributed by atoms with E-state index in [1.165, 1.54) is 0 Å². The number of hydrogen-bond acceptors (Lipinski definition) is 4. The molecule has 1 aliphatic rings. The quantitative estimate of drug-likeness (QED) is 0.660. The second-order valence-electron chi connectivity index (χ2n) is 5.03. The number of halogens is 1. The predicted molar refractivity (Wildman–Crippen MR) is 83.4 cm³/mol. The second-order valence-corrected chi connectivity index (χ2v) is 5.03.